The van der Waals surface area contributed by atoms with Gasteiger partial charge in [0.15, 0.2) is 0 Å². The molecule has 34 heavy (non-hydrogen) atoms. The van der Waals surface area contributed by atoms with E-state index in [1.165, 1.54) is 0 Å². The quantitative estimate of drug-likeness (QED) is 0.348. The van der Waals surface area contributed by atoms with Gasteiger partial charge in [-0.15, -0.1) is 0 Å². The van der Waals surface area contributed by atoms with Crippen LogP contribution in [0.15, 0.2) is 0 Å². The van der Waals surface area contributed by atoms with Crippen molar-refractivity contribution in [3.63, 3.8) is 0 Å². The van der Waals surface area contributed by atoms with Crippen LogP contribution in [0.2, 0.25) is 0 Å². The number of carbonyl (C=O) groups excluding carboxylic acids is 1. The minimum Gasteiger partial charge on any atom is -0.390 e. The van der Waals surface area contributed by atoms with Crippen LogP contribution in [0.4, 0.5) is 0 Å². The molecule has 0 amide bonds. The van der Waals surface area contributed by atoms with Crippen LogP contribution < -0.4 is 0 Å². The van der Waals surface area contributed by atoms with Gasteiger partial charge in [-0.1, -0.05) is 34.6 Å². The molecule has 5 fully saturated rings. The molecule has 6 N–H and O–H groups in total. The highest BCUT2D eigenvalue weighted by Gasteiger charge is 2.75. The third kappa shape index (κ3) is 2.94. The second-order valence-corrected chi connectivity index (χ2v) is 13.7. The second kappa shape index (κ2) is 7.72. The van der Waals surface area contributed by atoms with Crippen molar-refractivity contribution >= 4 is 5.78 Å². The van der Waals surface area contributed by atoms with E-state index in [2.05, 4.69) is 27.7 Å². The summed E-state index contributed by atoms with van der Waals surface area (Å²) in [4.78, 5) is 14.2. The van der Waals surface area contributed by atoms with Gasteiger partial charge in [0.2, 0.25) is 0 Å². The van der Waals surface area contributed by atoms with E-state index in [1.807, 2.05) is 6.92 Å². The molecule has 7 nitrogen and oxygen atoms in total. The third-order valence-corrected chi connectivity index (χ3v) is 11.5. The smallest absolute Gasteiger partial charge is 0.143 e. The van der Waals surface area contributed by atoms with E-state index in [0.717, 1.165) is 6.42 Å². The van der Waals surface area contributed by atoms with Crippen LogP contribution in [0.3, 0.4) is 0 Å². The van der Waals surface area contributed by atoms with Crippen molar-refractivity contribution in [2.75, 3.05) is 0 Å². The van der Waals surface area contributed by atoms with Crippen LogP contribution in [-0.4, -0.2) is 72.5 Å². The molecule has 194 valence electrons. The first-order valence-corrected chi connectivity index (χ1v) is 13.4. The van der Waals surface area contributed by atoms with Gasteiger partial charge in [0, 0.05) is 17.3 Å². The molecule has 0 saturated heterocycles. The first kappa shape index (κ1) is 25.1. The van der Waals surface area contributed by atoms with Crippen LogP contribution in [0.25, 0.3) is 0 Å². The van der Waals surface area contributed by atoms with E-state index in [0.29, 0.717) is 19.3 Å². The van der Waals surface area contributed by atoms with Gasteiger partial charge < -0.3 is 30.6 Å². The van der Waals surface area contributed by atoms with Crippen LogP contribution in [0, 0.1) is 58.2 Å². The highest BCUT2D eigenvalue weighted by atomic mass is 16.4. The summed E-state index contributed by atoms with van der Waals surface area (Å²) in [5.41, 5.74) is -2.38. The molecule has 0 aromatic heterocycles. The molecule has 0 radical (unpaired) electrons. The van der Waals surface area contributed by atoms with Crippen molar-refractivity contribution in [3.8, 4) is 0 Å². The van der Waals surface area contributed by atoms with Gasteiger partial charge >= 0.3 is 0 Å². The lowest BCUT2D eigenvalue weighted by Crippen LogP contribution is -2.71. The SMILES string of the molecule is CC(C)C[C@@]1(O)C[C@@H](C)[C@H]2[C@@H]1C(=O)[C@H]1[C@@H]3[C@@H](O)[C@H](O)[C@H]4C[C@H](O)[C@@H](O)[C@@H](O)[C@]4(C)[C@H]3CC[C@]21C. The fourth-order valence-corrected chi connectivity index (χ4v) is 10.5. The van der Waals surface area contributed by atoms with Gasteiger partial charge in [-0.25, -0.2) is 0 Å². The number of rotatable bonds is 2. The average molecular weight is 481 g/mol. The van der Waals surface area contributed by atoms with E-state index in [-0.39, 0.29) is 35.9 Å². The van der Waals surface area contributed by atoms with Crippen LogP contribution in [-0.2, 0) is 4.79 Å². The highest BCUT2D eigenvalue weighted by Crippen LogP contribution is 2.71. The molecule has 5 aliphatic rings. The van der Waals surface area contributed by atoms with Crippen molar-refractivity contribution < 1.29 is 35.4 Å². The Morgan fingerprint density at radius 2 is 1.62 bits per heavy atom. The Morgan fingerprint density at radius 1 is 0.971 bits per heavy atom. The maximum Gasteiger partial charge on any atom is 0.143 e. The maximum absolute atomic E-state index is 14.2. The van der Waals surface area contributed by atoms with Gasteiger partial charge in [0.05, 0.1) is 35.9 Å². The summed E-state index contributed by atoms with van der Waals surface area (Å²) in [6.45, 7) is 10.2. The summed E-state index contributed by atoms with van der Waals surface area (Å²) in [5, 5.41) is 66.5. The number of aliphatic hydroxyl groups excluding tert-OH is 5. The molecule has 0 aliphatic heterocycles. The largest absolute Gasteiger partial charge is 0.390 e. The number of carbonyl (C=O) groups is 1. The van der Waals surface area contributed by atoms with Crippen LogP contribution in [0.1, 0.15) is 66.7 Å². The Bertz CT molecular complexity index is 847. The van der Waals surface area contributed by atoms with Gasteiger partial charge in [-0.05, 0) is 67.1 Å². The molecule has 15 atom stereocenters. The first-order chi connectivity index (χ1) is 15.7. The lowest BCUT2D eigenvalue weighted by Gasteiger charge is -2.64. The van der Waals surface area contributed by atoms with Crippen molar-refractivity contribution in [1.82, 2.24) is 0 Å². The zero-order valence-corrected chi connectivity index (χ0v) is 21.1. The number of Topliss-reactive ketones (excluding diaryl/α,β-unsaturated/α-hetero) is 1. The van der Waals surface area contributed by atoms with E-state index in [4.69, 9.17) is 0 Å². The number of hydrogen-bond donors (Lipinski definition) is 6. The van der Waals surface area contributed by atoms with Crippen LogP contribution in [0.5, 0.6) is 0 Å². The monoisotopic (exact) mass is 480 g/mol. The molecule has 0 bridgehead atoms. The fraction of sp³-hybridized carbons (Fsp3) is 0.963. The Morgan fingerprint density at radius 3 is 2.24 bits per heavy atom. The van der Waals surface area contributed by atoms with Crippen molar-refractivity contribution in [2.24, 2.45) is 58.2 Å². The summed E-state index contributed by atoms with van der Waals surface area (Å²) in [6, 6.07) is 0. The first-order valence-electron chi connectivity index (χ1n) is 13.4. The fourth-order valence-electron chi connectivity index (χ4n) is 10.5. The molecule has 7 heteroatoms. The van der Waals surface area contributed by atoms with E-state index in [9.17, 15) is 35.4 Å². The summed E-state index contributed by atoms with van der Waals surface area (Å²) in [7, 11) is 0. The summed E-state index contributed by atoms with van der Waals surface area (Å²) in [6.07, 6.45) is -3.43. The van der Waals surface area contributed by atoms with Crippen molar-refractivity contribution in [1.29, 1.82) is 0 Å². The lowest BCUT2D eigenvalue weighted by molar-refractivity contribution is -0.272. The summed E-state index contributed by atoms with van der Waals surface area (Å²) >= 11 is 0. The average Bonchev–Trinajstić information content (AvgIpc) is 3.15. The molecule has 0 spiro atoms. The normalized spacial score (nSPS) is 61.1. The Hall–Kier alpha value is -0.570. The standard InChI is InChI=1S/C27H44O7/c1-11(2)9-27(34)10-12(3)17-19(27)23(32)18-16-13(6-7-25(17,18)4)26(5)14(20(29)22(16)31)8-15(28)21(30)24(26)33/h11-22,24,28-31,33-34H,6-10H2,1-5H3/t12-,13+,14-,15+,16-,17+,18-,19-,20-,21-,22-,24-,25-,26-,27-/m1/s1. The molecule has 5 rings (SSSR count). The zero-order chi connectivity index (χ0) is 25.1. The Kier molecular flexibility index (Phi) is 5.70. The molecule has 0 heterocycles. The van der Waals surface area contributed by atoms with E-state index in [1.54, 1.807) is 0 Å². The predicted molar refractivity (Wildman–Crippen MR) is 124 cm³/mol. The van der Waals surface area contributed by atoms with Crippen molar-refractivity contribution in [2.45, 2.75) is 103 Å². The molecule has 5 saturated carbocycles. The lowest BCUT2D eigenvalue weighted by atomic mass is 9.42. The zero-order valence-electron chi connectivity index (χ0n) is 21.1. The van der Waals surface area contributed by atoms with Gasteiger partial charge in [-0.2, -0.15) is 0 Å². The van der Waals surface area contributed by atoms with Crippen molar-refractivity contribution in [3.05, 3.63) is 0 Å². The van der Waals surface area contributed by atoms with Gasteiger partial charge in [0.25, 0.3) is 0 Å². The molecule has 5 aliphatic carbocycles. The minimum atomic E-state index is -1.33. The molecular formula is C27H44O7. The minimum absolute atomic E-state index is 0.00822. The number of fused-ring (bicyclic) bond motifs is 7. The van der Waals surface area contributed by atoms with Gasteiger partial charge in [0.1, 0.15) is 11.9 Å². The number of aliphatic hydroxyl groups is 6. The Balaban J connectivity index is 1.58. The molecule has 0 aromatic rings. The third-order valence-electron chi connectivity index (χ3n) is 11.5. The summed E-state index contributed by atoms with van der Waals surface area (Å²) in [5.74, 6) is -1.94. The molecule has 0 unspecified atom stereocenters. The number of hydrogen-bond acceptors (Lipinski definition) is 7. The van der Waals surface area contributed by atoms with E-state index < -0.39 is 70.6 Å². The van der Waals surface area contributed by atoms with Gasteiger partial charge in [-0.3, -0.25) is 4.79 Å². The maximum atomic E-state index is 14.2. The predicted octanol–water partition coefficient (Wildman–Crippen LogP) is 1.11. The topological polar surface area (TPSA) is 138 Å². The van der Waals surface area contributed by atoms with E-state index >= 15 is 0 Å². The second-order valence-electron chi connectivity index (χ2n) is 13.7. The molecular weight excluding hydrogens is 436 g/mol. The molecule has 0 aromatic carbocycles. The summed E-state index contributed by atoms with van der Waals surface area (Å²) < 4.78 is 0. The number of ketones is 1. The highest BCUT2D eigenvalue weighted by molar-refractivity contribution is 5.89. The van der Waals surface area contributed by atoms with Crippen LogP contribution >= 0.6 is 0 Å². The Labute approximate surface area is 202 Å².